The molecule has 0 aliphatic carbocycles. The van der Waals surface area contributed by atoms with Crippen LogP contribution in [-0.2, 0) is 0 Å². The zero-order chi connectivity index (χ0) is 16.2. The monoisotopic (exact) mass is 309 g/mol. The average Bonchev–Trinajstić information content (AvgIpc) is 2.57. The SMILES string of the molecule is CCOc1ccc(NC(=O)c2cccc3ccccc23)cc1F. The first-order chi connectivity index (χ1) is 11.2. The maximum Gasteiger partial charge on any atom is 0.256 e. The highest BCUT2D eigenvalue weighted by molar-refractivity contribution is 6.12. The van der Waals surface area contributed by atoms with Gasteiger partial charge in [-0.25, -0.2) is 4.39 Å². The fourth-order valence-electron chi connectivity index (χ4n) is 2.47. The Morgan fingerprint density at radius 3 is 2.65 bits per heavy atom. The third-order valence-electron chi connectivity index (χ3n) is 3.52. The molecule has 0 fully saturated rings. The number of rotatable bonds is 4. The predicted octanol–water partition coefficient (Wildman–Crippen LogP) is 4.63. The maximum absolute atomic E-state index is 13.9. The van der Waals surface area contributed by atoms with Crippen LogP contribution in [0.2, 0.25) is 0 Å². The van der Waals surface area contributed by atoms with Gasteiger partial charge in [0.05, 0.1) is 6.61 Å². The van der Waals surface area contributed by atoms with Gasteiger partial charge in [0.1, 0.15) is 0 Å². The Hall–Kier alpha value is -2.88. The van der Waals surface area contributed by atoms with E-state index in [1.807, 2.05) is 36.4 Å². The Kier molecular flexibility index (Phi) is 4.24. The van der Waals surface area contributed by atoms with Crippen LogP contribution >= 0.6 is 0 Å². The quantitative estimate of drug-likeness (QED) is 0.763. The van der Waals surface area contributed by atoms with E-state index in [1.54, 1.807) is 19.1 Å². The highest BCUT2D eigenvalue weighted by Crippen LogP contribution is 2.23. The van der Waals surface area contributed by atoms with E-state index >= 15 is 0 Å². The molecule has 3 rings (SSSR count). The molecule has 0 atom stereocenters. The first-order valence-corrected chi connectivity index (χ1v) is 7.40. The predicted molar refractivity (Wildman–Crippen MR) is 89.5 cm³/mol. The number of ether oxygens (including phenoxy) is 1. The molecule has 0 aliphatic heterocycles. The van der Waals surface area contributed by atoms with Gasteiger partial charge in [0.2, 0.25) is 0 Å². The molecule has 23 heavy (non-hydrogen) atoms. The van der Waals surface area contributed by atoms with Crippen LogP contribution < -0.4 is 10.1 Å². The van der Waals surface area contributed by atoms with Gasteiger partial charge in [-0.2, -0.15) is 0 Å². The lowest BCUT2D eigenvalue weighted by Gasteiger charge is -2.10. The lowest BCUT2D eigenvalue weighted by molar-refractivity contribution is 0.102. The van der Waals surface area contributed by atoms with Crippen molar-refractivity contribution in [1.29, 1.82) is 0 Å². The smallest absolute Gasteiger partial charge is 0.256 e. The minimum atomic E-state index is -0.498. The lowest BCUT2D eigenvalue weighted by atomic mass is 10.0. The van der Waals surface area contributed by atoms with Crippen molar-refractivity contribution in [3.8, 4) is 5.75 Å². The summed E-state index contributed by atoms with van der Waals surface area (Å²) < 4.78 is 19.0. The van der Waals surface area contributed by atoms with Crippen LogP contribution in [0.5, 0.6) is 5.75 Å². The van der Waals surface area contributed by atoms with E-state index in [0.717, 1.165) is 10.8 Å². The molecule has 0 unspecified atom stereocenters. The largest absolute Gasteiger partial charge is 0.491 e. The first-order valence-electron chi connectivity index (χ1n) is 7.40. The van der Waals surface area contributed by atoms with E-state index < -0.39 is 5.82 Å². The average molecular weight is 309 g/mol. The fraction of sp³-hybridized carbons (Fsp3) is 0.105. The number of halogens is 1. The fourth-order valence-corrected chi connectivity index (χ4v) is 2.47. The van der Waals surface area contributed by atoms with Crippen molar-refractivity contribution in [3.05, 3.63) is 72.0 Å². The van der Waals surface area contributed by atoms with Crippen LogP contribution in [0.25, 0.3) is 10.8 Å². The summed E-state index contributed by atoms with van der Waals surface area (Å²) in [5.74, 6) is -0.594. The summed E-state index contributed by atoms with van der Waals surface area (Å²) in [4.78, 5) is 12.5. The minimum Gasteiger partial charge on any atom is -0.491 e. The summed E-state index contributed by atoms with van der Waals surface area (Å²) in [7, 11) is 0. The molecule has 0 bridgehead atoms. The van der Waals surface area contributed by atoms with Crippen molar-refractivity contribution in [1.82, 2.24) is 0 Å². The highest BCUT2D eigenvalue weighted by atomic mass is 19.1. The van der Waals surface area contributed by atoms with E-state index in [0.29, 0.717) is 17.9 Å². The van der Waals surface area contributed by atoms with Gasteiger partial charge in [-0.1, -0.05) is 36.4 Å². The number of fused-ring (bicyclic) bond motifs is 1. The van der Waals surface area contributed by atoms with Gasteiger partial charge in [0, 0.05) is 17.3 Å². The minimum absolute atomic E-state index is 0.177. The molecule has 0 spiro atoms. The topological polar surface area (TPSA) is 38.3 Å². The standard InChI is InChI=1S/C19H16FNO2/c1-2-23-18-11-10-14(12-17(18)20)21-19(22)16-9-5-7-13-6-3-4-8-15(13)16/h3-12H,2H2,1H3,(H,21,22). The molecule has 3 aromatic carbocycles. The number of hydrogen-bond donors (Lipinski definition) is 1. The third kappa shape index (κ3) is 3.16. The highest BCUT2D eigenvalue weighted by Gasteiger charge is 2.11. The number of anilines is 1. The Morgan fingerprint density at radius 2 is 1.87 bits per heavy atom. The first kappa shape index (κ1) is 15.0. The van der Waals surface area contributed by atoms with Crippen molar-refractivity contribution in [2.45, 2.75) is 6.92 Å². The molecule has 3 nitrogen and oxygen atoms in total. The molecular weight excluding hydrogens is 293 g/mol. The van der Waals surface area contributed by atoms with Crippen LogP contribution in [0.1, 0.15) is 17.3 Å². The Morgan fingerprint density at radius 1 is 1.09 bits per heavy atom. The second kappa shape index (κ2) is 6.48. The number of carbonyl (C=O) groups is 1. The van der Waals surface area contributed by atoms with Crippen LogP contribution in [0.4, 0.5) is 10.1 Å². The van der Waals surface area contributed by atoms with Crippen molar-refractivity contribution in [3.63, 3.8) is 0 Å². The molecule has 4 heteroatoms. The number of benzene rings is 3. The maximum atomic E-state index is 13.9. The van der Waals surface area contributed by atoms with Gasteiger partial charge in [-0.15, -0.1) is 0 Å². The second-order valence-corrected chi connectivity index (χ2v) is 5.06. The Balaban J connectivity index is 1.88. The van der Waals surface area contributed by atoms with Gasteiger partial charge in [0.15, 0.2) is 11.6 Å². The van der Waals surface area contributed by atoms with Gasteiger partial charge >= 0.3 is 0 Å². The molecule has 0 aromatic heterocycles. The Labute approximate surface area is 133 Å². The van der Waals surface area contributed by atoms with Gasteiger partial charge in [-0.3, -0.25) is 4.79 Å². The molecule has 116 valence electrons. The molecule has 0 saturated heterocycles. The van der Waals surface area contributed by atoms with Crippen LogP contribution in [0, 0.1) is 5.82 Å². The van der Waals surface area contributed by atoms with Gasteiger partial charge < -0.3 is 10.1 Å². The molecule has 0 aliphatic rings. The summed E-state index contributed by atoms with van der Waals surface area (Å²) in [5.41, 5.74) is 0.946. The molecule has 3 aromatic rings. The zero-order valence-corrected chi connectivity index (χ0v) is 12.7. The number of nitrogens with one attached hydrogen (secondary N) is 1. The Bertz CT molecular complexity index is 856. The second-order valence-electron chi connectivity index (χ2n) is 5.06. The van der Waals surface area contributed by atoms with E-state index in [4.69, 9.17) is 4.74 Å². The molecule has 0 heterocycles. The van der Waals surface area contributed by atoms with E-state index in [2.05, 4.69) is 5.32 Å². The van der Waals surface area contributed by atoms with Crippen LogP contribution in [0.15, 0.2) is 60.7 Å². The number of hydrogen-bond acceptors (Lipinski definition) is 2. The number of amides is 1. The summed E-state index contributed by atoms with van der Waals surface area (Å²) in [6.07, 6.45) is 0. The third-order valence-corrected chi connectivity index (χ3v) is 3.52. The number of carbonyl (C=O) groups excluding carboxylic acids is 1. The zero-order valence-electron chi connectivity index (χ0n) is 12.7. The molecule has 1 amide bonds. The molecular formula is C19H16FNO2. The van der Waals surface area contributed by atoms with Gasteiger partial charge in [0.25, 0.3) is 5.91 Å². The molecule has 0 radical (unpaired) electrons. The molecule has 0 saturated carbocycles. The summed E-state index contributed by atoms with van der Waals surface area (Å²) in [6, 6.07) is 17.6. The van der Waals surface area contributed by atoms with Crippen molar-refractivity contribution >= 4 is 22.4 Å². The van der Waals surface area contributed by atoms with Crippen molar-refractivity contribution in [2.24, 2.45) is 0 Å². The lowest BCUT2D eigenvalue weighted by Crippen LogP contribution is -2.12. The van der Waals surface area contributed by atoms with Crippen molar-refractivity contribution in [2.75, 3.05) is 11.9 Å². The summed E-state index contributed by atoms with van der Waals surface area (Å²) >= 11 is 0. The van der Waals surface area contributed by atoms with E-state index in [1.165, 1.54) is 12.1 Å². The van der Waals surface area contributed by atoms with E-state index in [-0.39, 0.29) is 11.7 Å². The van der Waals surface area contributed by atoms with Crippen molar-refractivity contribution < 1.29 is 13.9 Å². The summed E-state index contributed by atoms with van der Waals surface area (Å²) in [6.45, 7) is 2.17. The molecule has 1 N–H and O–H groups in total. The summed E-state index contributed by atoms with van der Waals surface area (Å²) in [5, 5.41) is 4.57. The van der Waals surface area contributed by atoms with E-state index in [9.17, 15) is 9.18 Å². The van der Waals surface area contributed by atoms with Crippen LogP contribution in [0.3, 0.4) is 0 Å². The van der Waals surface area contributed by atoms with Crippen LogP contribution in [-0.4, -0.2) is 12.5 Å². The normalized spacial score (nSPS) is 10.5. The van der Waals surface area contributed by atoms with Gasteiger partial charge in [-0.05, 0) is 35.9 Å².